The lowest BCUT2D eigenvalue weighted by Gasteiger charge is -2.32. The number of benzene rings is 1. The molecule has 168 valence electrons. The number of ether oxygens (including phenoxy) is 1. The first-order chi connectivity index (χ1) is 14.0. The van der Waals surface area contributed by atoms with Crippen LogP contribution in [0.2, 0.25) is 0 Å². The number of alkyl halides is 3. The fourth-order valence-corrected chi connectivity index (χ4v) is 3.07. The summed E-state index contributed by atoms with van der Waals surface area (Å²) in [7, 11) is 0. The maximum Gasteiger partial charge on any atom is 0.405 e. The average Bonchev–Trinajstić information content (AvgIpc) is 2.67. The van der Waals surface area contributed by atoms with Crippen molar-refractivity contribution in [2.24, 2.45) is 5.92 Å². The summed E-state index contributed by atoms with van der Waals surface area (Å²) in [6, 6.07) is 4.11. The minimum Gasteiger partial charge on any atom is -0.378 e. The van der Waals surface area contributed by atoms with Gasteiger partial charge in [-0.1, -0.05) is 19.9 Å². The Morgan fingerprint density at radius 1 is 1.23 bits per heavy atom. The van der Waals surface area contributed by atoms with Gasteiger partial charge in [0.25, 0.3) is 5.91 Å². The molecule has 0 saturated carbocycles. The summed E-state index contributed by atoms with van der Waals surface area (Å²) >= 11 is 0. The van der Waals surface area contributed by atoms with Crippen LogP contribution in [0.5, 0.6) is 0 Å². The minimum absolute atomic E-state index is 0.0532. The number of piperidine rings is 1. The van der Waals surface area contributed by atoms with Crippen molar-refractivity contribution in [1.29, 1.82) is 0 Å². The molecule has 1 fully saturated rings. The van der Waals surface area contributed by atoms with Crippen LogP contribution in [0, 0.1) is 12.8 Å². The molecule has 2 N–H and O–H groups in total. The largest absolute Gasteiger partial charge is 0.405 e. The van der Waals surface area contributed by atoms with Crippen LogP contribution in [0.15, 0.2) is 18.2 Å². The first-order valence-corrected chi connectivity index (χ1v) is 10.2. The van der Waals surface area contributed by atoms with Gasteiger partial charge in [-0.25, -0.2) is 4.79 Å². The van der Waals surface area contributed by atoms with E-state index in [4.69, 9.17) is 4.74 Å². The van der Waals surface area contributed by atoms with Gasteiger partial charge in [0.2, 0.25) is 0 Å². The minimum atomic E-state index is -4.48. The highest BCUT2D eigenvalue weighted by Crippen LogP contribution is 2.20. The number of amides is 3. The van der Waals surface area contributed by atoms with E-state index in [1.54, 1.807) is 17.9 Å². The van der Waals surface area contributed by atoms with Gasteiger partial charge in [-0.3, -0.25) is 4.79 Å². The molecule has 1 saturated heterocycles. The van der Waals surface area contributed by atoms with Crippen molar-refractivity contribution in [3.8, 4) is 0 Å². The van der Waals surface area contributed by atoms with Crippen LogP contribution in [-0.4, -0.2) is 55.4 Å². The molecule has 1 aliphatic rings. The van der Waals surface area contributed by atoms with Crippen LogP contribution in [0.25, 0.3) is 0 Å². The standard InChI is InChI=1S/C21H30F3N3O3/c1-14(2)8-11-30-17-6-9-27(10-7-17)20(29)26-18-12-16(5-4-15(18)3)19(28)25-13-21(22,23)24/h4-5,12,14,17H,6-11,13H2,1-3H3,(H,25,28)(H,26,29). The van der Waals surface area contributed by atoms with E-state index in [-0.39, 0.29) is 17.7 Å². The number of rotatable bonds is 7. The van der Waals surface area contributed by atoms with E-state index in [2.05, 4.69) is 19.2 Å². The van der Waals surface area contributed by atoms with Crippen molar-refractivity contribution in [3.63, 3.8) is 0 Å². The Labute approximate surface area is 175 Å². The SMILES string of the molecule is Cc1ccc(C(=O)NCC(F)(F)F)cc1NC(=O)N1CCC(OCCC(C)C)CC1. The Kier molecular flexibility index (Phi) is 8.52. The Morgan fingerprint density at radius 2 is 1.90 bits per heavy atom. The predicted molar refractivity (Wildman–Crippen MR) is 109 cm³/mol. The Hall–Kier alpha value is -2.29. The van der Waals surface area contributed by atoms with E-state index in [1.807, 2.05) is 5.32 Å². The molecule has 1 aliphatic heterocycles. The predicted octanol–water partition coefficient (Wildman–Crippen LogP) is 4.35. The third-order valence-electron chi connectivity index (χ3n) is 4.97. The fourth-order valence-electron chi connectivity index (χ4n) is 3.07. The van der Waals surface area contributed by atoms with Gasteiger partial charge in [0, 0.05) is 30.9 Å². The molecule has 1 aromatic rings. The van der Waals surface area contributed by atoms with E-state index in [0.29, 0.717) is 30.3 Å². The highest BCUT2D eigenvalue weighted by atomic mass is 19.4. The summed E-state index contributed by atoms with van der Waals surface area (Å²) in [6.07, 6.45) is -1.82. The van der Waals surface area contributed by atoms with Crippen LogP contribution in [0.3, 0.4) is 0 Å². The number of anilines is 1. The molecule has 0 atom stereocenters. The lowest BCUT2D eigenvalue weighted by molar-refractivity contribution is -0.123. The van der Waals surface area contributed by atoms with Crippen molar-refractivity contribution >= 4 is 17.6 Å². The van der Waals surface area contributed by atoms with E-state index < -0.39 is 18.6 Å². The number of carbonyl (C=O) groups is 2. The van der Waals surface area contributed by atoms with Crippen molar-refractivity contribution < 1.29 is 27.5 Å². The van der Waals surface area contributed by atoms with Crippen LogP contribution in [0.1, 0.15) is 49.0 Å². The second-order valence-corrected chi connectivity index (χ2v) is 8.00. The lowest BCUT2D eigenvalue weighted by Crippen LogP contribution is -2.43. The summed E-state index contributed by atoms with van der Waals surface area (Å²) in [5.74, 6) is -0.257. The van der Waals surface area contributed by atoms with Crippen molar-refractivity contribution in [2.75, 3.05) is 31.6 Å². The second-order valence-electron chi connectivity index (χ2n) is 8.00. The molecule has 30 heavy (non-hydrogen) atoms. The summed E-state index contributed by atoms with van der Waals surface area (Å²) < 4.78 is 42.8. The van der Waals surface area contributed by atoms with Gasteiger partial charge in [-0.05, 0) is 49.8 Å². The molecule has 2 rings (SSSR count). The third-order valence-corrected chi connectivity index (χ3v) is 4.97. The topological polar surface area (TPSA) is 70.7 Å². The van der Waals surface area contributed by atoms with Crippen LogP contribution < -0.4 is 10.6 Å². The molecule has 0 spiro atoms. The molecule has 0 unspecified atom stereocenters. The Morgan fingerprint density at radius 3 is 2.50 bits per heavy atom. The molecule has 1 aromatic carbocycles. The van der Waals surface area contributed by atoms with Gasteiger partial charge in [0.1, 0.15) is 6.54 Å². The number of nitrogens with zero attached hydrogens (tertiary/aromatic N) is 1. The van der Waals surface area contributed by atoms with Crippen LogP contribution >= 0.6 is 0 Å². The molecule has 6 nitrogen and oxygen atoms in total. The number of hydrogen-bond donors (Lipinski definition) is 2. The lowest BCUT2D eigenvalue weighted by atomic mass is 10.1. The molecular weight excluding hydrogens is 399 g/mol. The van der Waals surface area contributed by atoms with Crippen molar-refractivity contribution in [1.82, 2.24) is 10.2 Å². The maximum atomic E-state index is 12.6. The van der Waals surface area contributed by atoms with Crippen LogP contribution in [-0.2, 0) is 4.74 Å². The van der Waals surface area contributed by atoms with Crippen molar-refractivity contribution in [3.05, 3.63) is 29.3 Å². The molecule has 3 amide bonds. The first-order valence-electron chi connectivity index (χ1n) is 10.2. The fraction of sp³-hybridized carbons (Fsp3) is 0.619. The summed E-state index contributed by atoms with van der Waals surface area (Å²) in [6.45, 7) is 6.47. The molecule has 0 aliphatic carbocycles. The number of hydrogen-bond acceptors (Lipinski definition) is 3. The number of aryl methyl sites for hydroxylation is 1. The number of carbonyl (C=O) groups excluding carboxylic acids is 2. The van der Waals surface area contributed by atoms with Crippen molar-refractivity contribution in [2.45, 2.75) is 52.3 Å². The van der Waals surface area contributed by atoms with Gasteiger partial charge in [-0.2, -0.15) is 13.2 Å². The average molecular weight is 429 g/mol. The maximum absolute atomic E-state index is 12.6. The Balaban J connectivity index is 1.88. The quantitative estimate of drug-likeness (QED) is 0.677. The molecule has 0 radical (unpaired) electrons. The molecule has 0 bridgehead atoms. The Bertz CT molecular complexity index is 730. The van der Waals surface area contributed by atoms with Crippen LogP contribution in [0.4, 0.5) is 23.7 Å². The number of nitrogens with one attached hydrogen (secondary N) is 2. The molecular formula is C21H30F3N3O3. The van der Waals surface area contributed by atoms with E-state index >= 15 is 0 Å². The first kappa shape index (κ1) is 24.0. The van der Waals surface area contributed by atoms with E-state index in [1.165, 1.54) is 12.1 Å². The van der Waals surface area contributed by atoms with Gasteiger partial charge in [0.05, 0.1) is 6.10 Å². The number of halogens is 3. The third kappa shape index (κ3) is 7.85. The summed E-state index contributed by atoms with van der Waals surface area (Å²) in [5, 5.41) is 4.59. The monoisotopic (exact) mass is 429 g/mol. The second kappa shape index (κ2) is 10.7. The number of likely N-dealkylation sites (tertiary alicyclic amines) is 1. The molecule has 0 aromatic heterocycles. The highest BCUT2D eigenvalue weighted by molar-refractivity contribution is 5.97. The molecule has 9 heteroatoms. The normalized spacial score (nSPS) is 15.4. The smallest absolute Gasteiger partial charge is 0.378 e. The zero-order chi connectivity index (χ0) is 22.3. The van der Waals surface area contributed by atoms with E-state index in [0.717, 1.165) is 25.9 Å². The highest BCUT2D eigenvalue weighted by Gasteiger charge is 2.28. The zero-order valence-electron chi connectivity index (χ0n) is 17.6. The zero-order valence-corrected chi connectivity index (χ0v) is 17.6. The summed E-state index contributed by atoms with van der Waals surface area (Å²) in [4.78, 5) is 26.2. The summed E-state index contributed by atoms with van der Waals surface area (Å²) in [5.41, 5.74) is 1.16. The van der Waals surface area contributed by atoms with Gasteiger partial charge in [-0.15, -0.1) is 0 Å². The van der Waals surface area contributed by atoms with Gasteiger partial charge >= 0.3 is 12.2 Å². The van der Waals surface area contributed by atoms with Gasteiger partial charge in [0.15, 0.2) is 0 Å². The van der Waals surface area contributed by atoms with E-state index in [9.17, 15) is 22.8 Å². The number of urea groups is 1. The molecule has 1 heterocycles. The van der Waals surface area contributed by atoms with Gasteiger partial charge < -0.3 is 20.3 Å².